The molecule has 0 spiro atoms. The van der Waals surface area contributed by atoms with E-state index in [4.69, 9.17) is 5.73 Å². The van der Waals surface area contributed by atoms with Gasteiger partial charge in [-0.25, -0.2) is 0 Å². The van der Waals surface area contributed by atoms with Crippen molar-refractivity contribution in [1.29, 1.82) is 0 Å². The summed E-state index contributed by atoms with van der Waals surface area (Å²) in [6.45, 7) is 4.14. The molecule has 2 nitrogen and oxygen atoms in total. The number of hydrogen-bond donors (Lipinski definition) is 2. The Morgan fingerprint density at radius 3 is 2.88 bits per heavy atom. The molecular weight excluding hydrogens is 210 g/mol. The summed E-state index contributed by atoms with van der Waals surface area (Å²) in [7, 11) is 0. The fraction of sp³-hybridized carbons (Fsp3) is 0.467. The molecule has 0 aromatic heterocycles. The maximum absolute atomic E-state index is 11.0. The van der Waals surface area contributed by atoms with E-state index in [0.717, 1.165) is 31.2 Å². The normalized spacial score (nSPS) is 36.2. The maximum Gasteiger partial charge on any atom is 0.0947 e. The lowest BCUT2D eigenvalue weighted by atomic mass is 9.72. The van der Waals surface area contributed by atoms with Crippen LogP contribution in [0.3, 0.4) is 0 Å². The van der Waals surface area contributed by atoms with Crippen LogP contribution in [-0.4, -0.2) is 5.11 Å². The van der Waals surface area contributed by atoms with Gasteiger partial charge in [0.15, 0.2) is 0 Å². The van der Waals surface area contributed by atoms with Crippen LogP contribution in [0.2, 0.25) is 0 Å². The number of fused-ring (bicyclic) bond motifs is 2. The van der Waals surface area contributed by atoms with Gasteiger partial charge in [0.2, 0.25) is 0 Å². The van der Waals surface area contributed by atoms with Crippen molar-refractivity contribution in [3.05, 3.63) is 42.0 Å². The summed E-state index contributed by atoms with van der Waals surface area (Å²) in [6, 6.07) is 7.72. The molecule has 2 aliphatic carbocycles. The second-order valence-electron chi connectivity index (χ2n) is 5.54. The first-order valence-electron chi connectivity index (χ1n) is 6.36. The highest BCUT2D eigenvalue weighted by molar-refractivity contribution is 5.50. The second kappa shape index (κ2) is 3.61. The highest BCUT2D eigenvalue weighted by atomic mass is 16.3. The third kappa shape index (κ3) is 1.51. The van der Waals surface area contributed by atoms with Gasteiger partial charge >= 0.3 is 0 Å². The zero-order valence-electron chi connectivity index (χ0n) is 10.0. The quantitative estimate of drug-likeness (QED) is 0.574. The topological polar surface area (TPSA) is 46.2 Å². The number of benzene rings is 1. The monoisotopic (exact) mass is 229 g/mol. The number of nitrogen functional groups attached to an aromatic ring is 1. The third-order valence-electron chi connectivity index (χ3n) is 4.63. The van der Waals surface area contributed by atoms with E-state index in [1.165, 1.54) is 5.57 Å². The Morgan fingerprint density at radius 2 is 2.12 bits per heavy atom. The molecule has 3 atom stereocenters. The molecule has 17 heavy (non-hydrogen) atoms. The Labute approximate surface area is 102 Å². The molecule has 2 fully saturated rings. The van der Waals surface area contributed by atoms with Crippen molar-refractivity contribution < 1.29 is 5.11 Å². The number of hydrogen-bond acceptors (Lipinski definition) is 2. The fourth-order valence-electron chi connectivity index (χ4n) is 3.61. The minimum absolute atomic E-state index is 0.304. The van der Waals surface area contributed by atoms with Crippen molar-refractivity contribution >= 4 is 5.69 Å². The van der Waals surface area contributed by atoms with E-state index in [9.17, 15) is 5.11 Å². The molecule has 3 N–H and O–H groups in total. The zero-order valence-corrected chi connectivity index (χ0v) is 10.0. The summed E-state index contributed by atoms with van der Waals surface area (Å²) in [6.07, 6.45) is 3.88. The van der Waals surface area contributed by atoms with Crippen LogP contribution in [0.1, 0.15) is 31.2 Å². The van der Waals surface area contributed by atoms with Gasteiger partial charge in [-0.2, -0.15) is 0 Å². The summed E-state index contributed by atoms with van der Waals surface area (Å²) in [4.78, 5) is 0. The predicted octanol–water partition coefficient (Wildman–Crippen LogP) is 2.83. The predicted molar refractivity (Wildman–Crippen MR) is 69.3 cm³/mol. The van der Waals surface area contributed by atoms with Gasteiger partial charge in [0.05, 0.1) is 5.60 Å². The molecule has 3 unspecified atom stereocenters. The van der Waals surface area contributed by atoms with E-state index in [2.05, 4.69) is 6.58 Å². The summed E-state index contributed by atoms with van der Waals surface area (Å²) in [5.74, 6) is 0.934. The van der Waals surface area contributed by atoms with Crippen LogP contribution >= 0.6 is 0 Å². The van der Waals surface area contributed by atoms with Gasteiger partial charge in [-0.3, -0.25) is 0 Å². The van der Waals surface area contributed by atoms with Crippen LogP contribution in [0.5, 0.6) is 0 Å². The van der Waals surface area contributed by atoms with Crippen molar-refractivity contribution in [3.63, 3.8) is 0 Å². The van der Waals surface area contributed by atoms with Crippen molar-refractivity contribution in [2.24, 2.45) is 11.8 Å². The van der Waals surface area contributed by atoms with Crippen molar-refractivity contribution in [1.82, 2.24) is 0 Å². The first-order chi connectivity index (χ1) is 8.11. The van der Waals surface area contributed by atoms with Crippen molar-refractivity contribution in [2.75, 3.05) is 5.73 Å². The summed E-state index contributed by atoms with van der Waals surface area (Å²) < 4.78 is 0. The molecule has 2 aliphatic rings. The van der Waals surface area contributed by atoms with Gasteiger partial charge in [0.1, 0.15) is 0 Å². The standard InChI is InChI=1S/C15H19NO/c1-10-8-12-9-11(10)6-7-15(12,17)13-4-2-3-5-14(13)16/h2-5,11-12,17H,1,6-9,16H2. The number of rotatable bonds is 1. The molecule has 90 valence electrons. The molecular formula is C15H19NO. The average Bonchev–Trinajstić information content (AvgIpc) is 2.64. The highest BCUT2D eigenvalue weighted by Gasteiger charge is 2.48. The molecule has 0 heterocycles. The molecule has 0 saturated heterocycles. The van der Waals surface area contributed by atoms with Gasteiger partial charge in [0, 0.05) is 11.3 Å². The number of allylic oxidation sites excluding steroid dienone is 1. The largest absolute Gasteiger partial charge is 0.398 e. The van der Waals surface area contributed by atoms with E-state index in [-0.39, 0.29) is 0 Å². The minimum Gasteiger partial charge on any atom is -0.398 e. The molecule has 2 heteroatoms. The van der Waals surface area contributed by atoms with Gasteiger partial charge < -0.3 is 10.8 Å². The van der Waals surface area contributed by atoms with Crippen LogP contribution in [0.15, 0.2) is 36.4 Å². The molecule has 2 saturated carbocycles. The second-order valence-corrected chi connectivity index (χ2v) is 5.54. The Kier molecular flexibility index (Phi) is 2.30. The molecule has 0 aliphatic heterocycles. The van der Waals surface area contributed by atoms with Crippen LogP contribution in [0.25, 0.3) is 0 Å². The lowest BCUT2D eigenvalue weighted by molar-refractivity contribution is -0.0477. The molecule has 3 rings (SSSR count). The fourth-order valence-corrected chi connectivity index (χ4v) is 3.61. The van der Waals surface area contributed by atoms with Crippen LogP contribution in [-0.2, 0) is 5.60 Å². The third-order valence-corrected chi connectivity index (χ3v) is 4.63. The average molecular weight is 229 g/mol. The van der Waals surface area contributed by atoms with Gasteiger partial charge in [-0.1, -0.05) is 30.4 Å². The Hall–Kier alpha value is -1.28. The molecule has 1 aromatic rings. The smallest absolute Gasteiger partial charge is 0.0947 e. The van der Waals surface area contributed by atoms with Crippen molar-refractivity contribution in [2.45, 2.75) is 31.3 Å². The summed E-state index contributed by atoms with van der Waals surface area (Å²) >= 11 is 0. The van der Waals surface area contributed by atoms with E-state index in [0.29, 0.717) is 17.5 Å². The number of anilines is 1. The molecule has 0 radical (unpaired) electrons. The molecule has 2 bridgehead atoms. The van der Waals surface area contributed by atoms with E-state index in [1.54, 1.807) is 0 Å². The van der Waals surface area contributed by atoms with Crippen LogP contribution in [0, 0.1) is 11.8 Å². The van der Waals surface area contributed by atoms with Gasteiger partial charge in [0.25, 0.3) is 0 Å². The van der Waals surface area contributed by atoms with Gasteiger partial charge in [-0.05, 0) is 43.6 Å². The zero-order chi connectivity index (χ0) is 12.0. The first-order valence-corrected chi connectivity index (χ1v) is 6.36. The molecule has 0 amide bonds. The van der Waals surface area contributed by atoms with Crippen LogP contribution < -0.4 is 5.73 Å². The summed E-state index contributed by atoms with van der Waals surface area (Å²) in [5.41, 5.74) is 8.23. The number of aliphatic hydroxyl groups is 1. The van der Waals surface area contributed by atoms with Crippen molar-refractivity contribution in [3.8, 4) is 0 Å². The number of nitrogens with two attached hydrogens (primary N) is 1. The first kappa shape index (κ1) is 10.8. The molecule has 1 aromatic carbocycles. The Morgan fingerprint density at radius 1 is 1.35 bits per heavy atom. The summed E-state index contributed by atoms with van der Waals surface area (Å²) in [5, 5.41) is 11.0. The lowest BCUT2D eigenvalue weighted by Gasteiger charge is -2.38. The number of para-hydroxylation sites is 1. The van der Waals surface area contributed by atoms with Gasteiger partial charge in [-0.15, -0.1) is 0 Å². The Balaban J connectivity index is 2.02. The van der Waals surface area contributed by atoms with E-state index in [1.807, 2.05) is 24.3 Å². The minimum atomic E-state index is -0.735. The van der Waals surface area contributed by atoms with E-state index < -0.39 is 5.60 Å². The SMILES string of the molecule is C=C1CC2CC1CCC2(O)c1ccccc1N. The highest BCUT2D eigenvalue weighted by Crippen LogP contribution is 2.54. The lowest BCUT2D eigenvalue weighted by Crippen LogP contribution is -2.37. The van der Waals surface area contributed by atoms with E-state index >= 15 is 0 Å². The maximum atomic E-state index is 11.0. The van der Waals surface area contributed by atoms with Crippen LogP contribution in [0.4, 0.5) is 5.69 Å². The Bertz CT molecular complexity index is 468.